The molecule has 1 rings (SSSR count). The molecular weight excluding hydrogens is 246 g/mol. The summed E-state index contributed by atoms with van der Waals surface area (Å²) in [4.78, 5) is 21.9. The molecule has 0 saturated carbocycles. The Hall–Kier alpha value is -2.04. The first kappa shape index (κ1) is 15.0. The minimum absolute atomic E-state index is 0.00290. The van der Waals surface area contributed by atoms with Crippen LogP contribution < -0.4 is 10.1 Å². The summed E-state index contributed by atoms with van der Waals surface area (Å²) in [5.41, 5.74) is 0.720. The summed E-state index contributed by atoms with van der Waals surface area (Å²) in [6.45, 7) is 4.11. The number of nitrogens with one attached hydrogen (secondary N) is 1. The molecule has 0 heterocycles. The highest BCUT2D eigenvalue weighted by atomic mass is 16.5. The third-order valence-electron chi connectivity index (χ3n) is 2.33. The topological polar surface area (TPSA) is 75.6 Å². The van der Waals surface area contributed by atoms with Crippen LogP contribution in [0.15, 0.2) is 24.3 Å². The molecule has 1 aromatic rings. The third-order valence-corrected chi connectivity index (χ3v) is 2.33. The van der Waals surface area contributed by atoms with E-state index in [1.54, 1.807) is 24.3 Å². The molecule has 0 atom stereocenters. The fourth-order valence-corrected chi connectivity index (χ4v) is 1.53. The molecule has 1 aromatic carbocycles. The van der Waals surface area contributed by atoms with Gasteiger partial charge in [-0.1, -0.05) is 12.1 Å². The standard InChI is InChI=1S/C14H19NO4/c1-10(2)15-13(16)7-8-19-12-5-3-11(4-6-12)9-14(17)18/h3-6,10H,7-9H2,1-2H3,(H,15,16)(H,17,18). The first-order valence-electron chi connectivity index (χ1n) is 6.20. The number of hydrogen-bond donors (Lipinski definition) is 2. The molecule has 0 saturated heterocycles. The minimum Gasteiger partial charge on any atom is -0.493 e. The van der Waals surface area contributed by atoms with Gasteiger partial charge in [0, 0.05) is 6.04 Å². The molecule has 0 aliphatic rings. The number of carbonyl (C=O) groups is 2. The van der Waals surface area contributed by atoms with Gasteiger partial charge in [-0.2, -0.15) is 0 Å². The van der Waals surface area contributed by atoms with Crippen LogP contribution in [0.3, 0.4) is 0 Å². The zero-order valence-electron chi connectivity index (χ0n) is 11.2. The van der Waals surface area contributed by atoms with E-state index in [-0.39, 0.29) is 18.4 Å². The van der Waals surface area contributed by atoms with Gasteiger partial charge in [0.1, 0.15) is 5.75 Å². The molecule has 0 bridgehead atoms. The van der Waals surface area contributed by atoms with Crippen LogP contribution in [0.4, 0.5) is 0 Å². The van der Waals surface area contributed by atoms with Crippen LogP contribution in [-0.4, -0.2) is 29.6 Å². The average molecular weight is 265 g/mol. The second kappa shape index (κ2) is 7.41. The smallest absolute Gasteiger partial charge is 0.307 e. The number of carboxylic acid groups (broad SMARTS) is 1. The number of rotatable bonds is 7. The van der Waals surface area contributed by atoms with Gasteiger partial charge in [-0.15, -0.1) is 0 Å². The molecular formula is C14H19NO4. The van der Waals surface area contributed by atoms with Gasteiger partial charge < -0.3 is 15.2 Å². The van der Waals surface area contributed by atoms with Crippen molar-refractivity contribution in [3.63, 3.8) is 0 Å². The first-order chi connectivity index (χ1) is 8.97. The predicted octanol–water partition coefficient (Wildman–Crippen LogP) is 1.61. The molecule has 2 N–H and O–H groups in total. The van der Waals surface area contributed by atoms with E-state index in [1.165, 1.54) is 0 Å². The number of ether oxygens (including phenoxy) is 1. The van der Waals surface area contributed by atoms with Crippen molar-refractivity contribution in [1.82, 2.24) is 5.32 Å². The molecule has 0 radical (unpaired) electrons. The van der Waals surface area contributed by atoms with Crippen molar-refractivity contribution in [2.24, 2.45) is 0 Å². The highest BCUT2D eigenvalue weighted by Crippen LogP contribution is 2.12. The largest absolute Gasteiger partial charge is 0.493 e. The lowest BCUT2D eigenvalue weighted by Gasteiger charge is -2.09. The number of aliphatic carboxylic acids is 1. The summed E-state index contributed by atoms with van der Waals surface area (Å²) in [6.07, 6.45) is 0.298. The zero-order chi connectivity index (χ0) is 14.3. The molecule has 0 aliphatic carbocycles. The number of hydrogen-bond acceptors (Lipinski definition) is 3. The van der Waals surface area contributed by atoms with Crippen molar-refractivity contribution >= 4 is 11.9 Å². The van der Waals surface area contributed by atoms with Gasteiger partial charge >= 0.3 is 5.97 Å². The molecule has 0 aromatic heterocycles. The SMILES string of the molecule is CC(C)NC(=O)CCOc1ccc(CC(=O)O)cc1. The summed E-state index contributed by atoms with van der Waals surface area (Å²) in [7, 11) is 0. The maximum absolute atomic E-state index is 11.4. The van der Waals surface area contributed by atoms with E-state index in [4.69, 9.17) is 9.84 Å². The Morgan fingerprint density at radius 3 is 2.42 bits per heavy atom. The summed E-state index contributed by atoms with van der Waals surface area (Å²) >= 11 is 0. The average Bonchev–Trinajstić information content (AvgIpc) is 2.29. The Kier molecular flexibility index (Phi) is 5.85. The lowest BCUT2D eigenvalue weighted by molar-refractivity contribution is -0.136. The quantitative estimate of drug-likeness (QED) is 0.785. The van der Waals surface area contributed by atoms with Crippen LogP contribution in [0.25, 0.3) is 0 Å². The highest BCUT2D eigenvalue weighted by Gasteiger charge is 2.04. The van der Waals surface area contributed by atoms with Gasteiger partial charge in [0.15, 0.2) is 0 Å². The van der Waals surface area contributed by atoms with Crippen LogP contribution in [0.5, 0.6) is 5.75 Å². The Balaban J connectivity index is 2.34. The van der Waals surface area contributed by atoms with Crippen molar-refractivity contribution < 1.29 is 19.4 Å². The van der Waals surface area contributed by atoms with E-state index >= 15 is 0 Å². The monoisotopic (exact) mass is 265 g/mol. The third kappa shape index (κ3) is 6.45. The van der Waals surface area contributed by atoms with Crippen LogP contribution >= 0.6 is 0 Å². The maximum atomic E-state index is 11.4. The molecule has 19 heavy (non-hydrogen) atoms. The Morgan fingerprint density at radius 1 is 1.26 bits per heavy atom. The number of carboxylic acids is 1. The molecule has 104 valence electrons. The predicted molar refractivity (Wildman–Crippen MR) is 71.2 cm³/mol. The molecule has 0 aliphatic heterocycles. The summed E-state index contributed by atoms with van der Waals surface area (Å²) in [6, 6.07) is 6.95. The van der Waals surface area contributed by atoms with Crippen molar-refractivity contribution in [3.8, 4) is 5.75 Å². The van der Waals surface area contributed by atoms with Crippen molar-refractivity contribution in [2.75, 3.05) is 6.61 Å². The van der Waals surface area contributed by atoms with E-state index in [0.717, 1.165) is 5.56 Å². The minimum atomic E-state index is -0.862. The highest BCUT2D eigenvalue weighted by molar-refractivity contribution is 5.76. The van der Waals surface area contributed by atoms with E-state index in [9.17, 15) is 9.59 Å². The van der Waals surface area contributed by atoms with E-state index in [2.05, 4.69) is 5.32 Å². The van der Waals surface area contributed by atoms with Crippen molar-refractivity contribution in [3.05, 3.63) is 29.8 Å². The van der Waals surface area contributed by atoms with E-state index < -0.39 is 5.97 Å². The lowest BCUT2D eigenvalue weighted by Crippen LogP contribution is -2.31. The molecule has 5 nitrogen and oxygen atoms in total. The van der Waals surface area contributed by atoms with Gasteiger partial charge in [0.2, 0.25) is 5.91 Å². The van der Waals surface area contributed by atoms with Crippen molar-refractivity contribution in [2.45, 2.75) is 32.7 Å². The normalized spacial score (nSPS) is 10.3. The second-order valence-corrected chi connectivity index (χ2v) is 4.54. The van der Waals surface area contributed by atoms with E-state index in [1.807, 2.05) is 13.8 Å². The number of carbonyl (C=O) groups excluding carboxylic acids is 1. The second-order valence-electron chi connectivity index (χ2n) is 4.54. The van der Waals surface area contributed by atoms with Gasteiger partial charge in [0.25, 0.3) is 0 Å². The fraction of sp³-hybridized carbons (Fsp3) is 0.429. The number of amides is 1. The molecule has 5 heteroatoms. The van der Waals surface area contributed by atoms with Crippen LogP contribution in [-0.2, 0) is 16.0 Å². The molecule has 0 unspecified atom stereocenters. The summed E-state index contributed by atoms with van der Waals surface area (Å²) in [5.74, 6) is -0.275. The Bertz CT molecular complexity index is 426. The lowest BCUT2D eigenvalue weighted by atomic mass is 10.1. The first-order valence-corrected chi connectivity index (χ1v) is 6.20. The van der Waals surface area contributed by atoms with Gasteiger partial charge in [-0.25, -0.2) is 0 Å². The van der Waals surface area contributed by atoms with Gasteiger partial charge in [-0.3, -0.25) is 9.59 Å². The molecule has 0 spiro atoms. The zero-order valence-corrected chi connectivity index (χ0v) is 11.2. The Morgan fingerprint density at radius 2 is 1.89 bits per heavy atom. The summed E-state index contributed by atoms with van der Waals surface area (Å²) < 4.78 is 5.41. The summed E-state index contributed by atoms with van der Waals surface area (Å²) in [5, 5.41) is 11.4. The Labute approximate surface area is 112 Å². The van der Waals surface area contributed by atoms with Crippen LogP contribution in [0.1, 0.15) is 25.8 Å². The van der Waals surface area contributed by atoms with Gasteiger partial charge in [-0.05, 0) is 31.5 Å². The van der Waals surface area contributed by atoms with Gasteiger partial charge in [0.05, 0.1) is 19.4 Å². The van der Waals surface area contributed by atoms with Crippen molar-refractivity contribution in [1.29, 1.82) is 0 Å². The maximum Gasteiger partial charge on any atom is 0.307 e. The molecule has 1 amide bonds. The molecule has 0 fully saturated rings. The van der Waals surface area contributed by atoms with Crippen LogP contribution in [0.2, 0.25) is 0 Å². The van der Waals surface area contributed by atoms with E-state index in [0.29, 0.717) is 18.8 Å². The number of benzene rings is 1. The fourth-order valence-electron chi connectivity index (χ4n) is 1.53. The van der Waals surface area contributed by atoms with Crippen LogP contribution in [0, 0.1) is 0 Å².